The van der Waals surface area contributed by atoms with Crippen LogP contribution in [-0.4, -0.2) is 161 Å². The number of hydrogen-bond donors (Lipinski definition) is 0. The van der Waals surface area contributed by atoms with Gasteiger partial charge in [-0.25, -0.2) is 9.59 Å². The number of piperidine rings is 1. The molecule has 21 nitrogen and oxygen atoms in total. The molecule has 1 aliphatic carbocycles. The number of nitrogens with zero attached hydrogens (tertiary/aromatic N) is 1. The lowest BCUT2D eigenvalue weighted by Gasteiger charge is -2.48. The maximum Gasteiger partial charge on any atom is 0.511 e. The Labute approximate surface area is 649 Å². The normalized spacial score (nSPS) is 26.9. The van der Waals surface area contributed by atoms with E-state index < -0.39 is 139 Å². The Hall–Kier alpha value is -5.51. The summed E-state index contributed by atoms with van der Waals surface area (Å²) in [6.07, 6.45) is 34.9. The van der Waals surface area contributed by atoms with Crippen LogP contribution in [0.25, 0.3) is 0 Å². The first-order chi connectivity index (χ1) is 51.9. The van der Waals surface area contributed by atoms with Gasteiger partial charge in [0.25, 0.3) is 11.7 Å². The highest BCUT2D eigenvalue weighted by atomic mass is 16.8. The van der Waals surface area contributed by atoms with Crippen LogP contribution in [0.3, 0.4) is 0 Å². The molecule has 618 valence electrons. The molecule has 0 N–H and O–H groups in total. The molecule has 3 heterocycles. The molecule has 0 aromatic carbocycles. The minimum Gasteiger partial charge on any atom is -0.462 e. The zero-order chi connectivity index (χ0) is 79.2. The second-order valence-electron chi connectivity index (χ2n) is 32.2. The first-order valence-electron chi connectivity index (χ1n) is 42.2. The van der Waals surface area contributed by atoms with Crippen molar-refractivity contribution < 1.29 is 95.3 Å². The molecule has 0 aromatic heterocycles. The Kier molecular flexibility index (Phi) is 47.6. The number of amides is 1. The van der Waals surface area contributed by atoms with Crippen LogP contribution in [0.15, 0.2) is 36.0 Å². The molecule has 3 fully saturated rings. The molecule has 4 aliphatic rings. The molecular weight excluding hydrogens is 1380 g/mol. The fourth-order valence-electron chi connectivity index (χ4n) is 16.0. The summed E-state index contributed by atoms with van der Waals surface area (Å²) in [6.45, 7) is 20.7. The van der Waals surface area contributed by atoms with Crippen LogP contribution >= 0.6 is 0 Å². The second-order valence-corrected chi connectivity index (χ2v) is 32.2. The Morgan fingerprint density at radius 3 is 1.64 bits per heavy atom. The van der Waals surface area contributed by atoms with Gasteiger partial charge in [-0.1, -0.05) is 219 Å². The number of esters is 5. The molecule has 0 aromatic rings. The van der Waals surface area contributed by atoms with E-state index in [1.807, 2.05) is 46.8 Å². The summed E-state index contributed by atoms with van der Waals surface area (Å²) in [6, 6.07) is -1.06. The van der Waals surface area contributed by atoms with E-state index in [2.05, 4.69) is 27.4 Å². The number of ketones is 2. The number of carbonyl (C=O) groups excluding carboxylic acids is 9. The summed E-state index contributed by atoms with van der Waals surface area (Å²) < 4.78 is 64.1. The predicted octanol–water partition coefficient (Wildman–Crippen LogP) is 18.4. The fraction of sp³-hybridized carbons (Fsp3) is 0.828. The molecule has 0 radical (unpaired) electrons. The van der Waals surface area contributed by atoms with Crippen molar-refractivity contribution in [3.05, 3.63) is 36.0 Å². The van der Waals surface area contributed by atoms with E-state index in [1.165, 1.54) is 128 Å². The van der Waals surface area contributed by atoms with Crippen molar-refractivity contribution in [1.82, 2.24) is 4.90 Å². The smallest absolute Gasteiger partial charge is 0.462 e. The molecule has 1 unspecified atom stereocenters. The number of rotatable bonds is 46. The molecule has 4 rings (SSSR count). The first-order valence-corrected chi connectivity index (χ1v) is 42.2. The summed E-state index contributed by atoms with van der Waals surface area (Å²) >= 11 is 0. The maximum absolute atomic E-state index is 14.9. The van der Waals surface area contributed by atoms with Crippen LogP contribution in [0.4, 0.5) is 4.79 Å². The van der Waals surface area contributed by atoms with Crippen LogP contribution in [0.1, 0.15) is 326 Å². The van der Waals surface area contributed by atoms with E-state index in [1.54, 1.807) is 27.2 Å². The third kappa shape index (κ3) is 35.5. The lowest BCUT2D eigenvalue weighted by molar-refractivity contribution is -0.229. The number of carbonyl (C=O) groups is 9. The van der Waals surface area contributed by atoms with Crippen molar-refractivity contribution >= 4 is 53.5 Å². The Morgan fingerprint density at radius 2 is 1.11 bits per heavy atom. The van der Waals surface area contributed by atoms with Gasteiger partial charge in [0.2, 0.25) is 6.79 Å². The second kappa shape index (κ2) is 54.2. The topological polar surface area (TPSA) is 258 Å². The minimum absolute atomic E-state index is 0.0300. The van der Waals surface area contributed by atoms with Crippen LogP contribution in [0.5, 0.6) is 0 Å². The van der Waals surface area contributed by atoms with Crippen molar-refractivity contribution in [2.75, 3.05) is 47.9 Å². The van der Waals surface area contributed by atoms with E-state index in [-0.39, 0.29) is 69.0 Å². The third-order valence-corrected chi connectivity index (χ3v) is 23.0. The molecule has 3 aliphatic heterocycles. The molecule has 21 heteroatoms. The van der Waals surface area contributed by atoms with Crippen LogP contribution in [0, 0.1) is 35.5 Å². The fourth-order valence-corrected chi connectivity index (χ4v) is 16.0. The van der Waals surface area contributed by atoms with Gasteiger partial charge in [-0.05, 0) is 127 Å². The summed E-state index contributed by atoms with van der Waals surface area (Å²) in [5.41, 5.74) is 0.190. The van der Waals surface area contributed by atoms with Crippen LogP contribution < -0.4 is 0 Å². The quantitative estimate of drug-likeness (QED) is 0.0137. The average molecular weight is 1530 g/mol. The standard InChI is InChI=1S/C87H145NO20/c1-14-17-19-21-23-25-27-29-31-33-35-37-39-45-77(90)101-59-70(60-102-78(91)46-40-38-36-34-32-30-28-26-24-22-20-18-15-2)105-80(93)50-49-79(92)103-61-104-86(97)106-73-48-47-68(58-74(73)98-11)55-65(7)81-67(9)64(6)56-72(89)69(43-16-3)53-62(4)52-63(5)54-75(99-12)82-76(100-13)57-66(8)87(10,108-82)83(94)84(95)88-51-42-41-44-71(88)85(96)107-81/h16,53,55,63-64,66-71,73-76,81-82H,3,14-15,17-52,54,56-61H2,1-2,4-13H3/b62-53+,65-55+/t63-,64-,66+,67+,68?,69+,71-,73+,74+,75-,76-,81+,82+,87+/m0/s1. The third-order valence-electron chi connectivity index (χ3n) is 23.0. The molecule has 1 amide bonds. The zero-order valence-corrected chi connectivity index (χ0v) is 69.0. The summed E-state index contributed by atoms with van der Waals surface area (Å²) in [7, 11) is 4.72. The van der Waals surface area contributed by atoms with Gasteiger partial charge in [-0.3, -0.25) is 33.6 Å². The van der Waals surface area contributed by atoms with E-state index in [0.29, 0.717) is 70.6 Å². The number of methoxy groups -OCH3 is 3. The Bertz CT molecular complexity index is 2680. The molecule has 0 spiro atoms. The van der Waals surface area contributed by atoms with Gasteiger partial charge < -0.3 is 57.0 Å². The SMILES string of the molecule is C=CC[C@@H]1/C=C(\C)C[C@H](C)C[C@H](OC)[C@H]2O[C@@](C)(C(=O)C(=O)N3CCCC[C@H]3C(=O)O[C@H](/C(C)=C/C3CC[C@@H](OC(=O)OCOC(=O)CCC(=O)OC(COC(=O)CCCCCCCCCCCCCCC)COC(=O)CCCCCCCCCCCCCCC)[C@H](OC)C3)[C@H](C)[C@@H](C)CC1=O)[C@H](C)C[C@@H]2OC. The van der Waals surface area contributed by atoms with Crippen LogP contribution in [0.2, 0.25) is 0 Å². The number of ether oxygens (including phenoxy) is 11. The van der Waals surface area contributed by atoms with Crippen molar-refractivity contribution in [2.45, 2.75) is 380 Å². The van der Waals surface area contributed by atoms with E-state index in [4.69, 9.17) is 52.1 Å². The number of cyclic esters (lactones) is 1. The summed E-state index contributed by atoms with van der Waals surface area (Å²) in [5.74, 6) is -6.38. The monoisotopic (exact) mass is 1520 g/mol. The van der Waals surface area contributed by atoms with Gasteiger partial charge in [0, 0.05) is 59.0 Å². The molecule has 108 heavy (non-hydrogen) atoms. The summed E-state index contributed by atoms with van der Waals surface area (Å²) in [5, 5.41) is 0. The number of hydrogen-bond acceptors (Lipinski definition) is 20. The average Bonchev–Trinajstić information content (AvgIpc) is 0.769. The highest BCUT2D eigenvalue weighted by Crippen LogP contribution is 2.41. The van der Waals surface area contributed by atoms with Crippen LogP contribution in [-0.2, 0) is 90.5 Å². The van der Waals surface area contributed by atoms with Gasteiger partial charge in [0.15, 0.2) is 6.10 Å². The zero-order valence-electron chi connectivity index (χ0n) is 69.0. The van der Waals surface area contributed by atoms with E-state index >= 15 is 0 Å². The largest absolute Gasteiger partial charge is 0.511 e. The molecule has 2 bridgehead atoms. The first kappa shape index (κ1) is 94.9. The van der Waals surface area contributed by atoms with E-state index in [9.17, 15) is 43.2 Å². The van der Waals surface area contributed by atoms with Gasteiger partial charge in [0.1, 0.15) is 49.0 Å². The van der Waals surface area contributed by atoms with Gasteiger partial charge in [-0.2, -0.15) is 0 Å². The highest BCUT2D eigenvalue weighted by molar-refractivity contribution is 6.39. The number of Topliss-reactive ketones (excluding diaryl/α,β-unsaturated/α-hetero) is 2. The molecule has 14 atom stereocenters. The van der Waals surface area contributed by atoms with Crippen molar-refractivity contribution in [3.8, 4) is 0 Å². The Morgan fingerprint density at radius 1 is 0.602 bits per heavy atom. The minimum atomic E-state index is -1.56. The van der Waals surface area contributed by atoms with Gasteiger partial charge in [0.05, 0.1) is 31.2 Å². The predicted molar refractivity (Wildman–Crippen MR) is 417 cm³/mol. The van der Waals surface area contributed by atoms with Crippen molar-refractivity contribution in [1.29, 1.82) is 0 Å². The Balaban J connectivity index is 1.35. The lowest BCUT2D eigenvalue weighted by Crippen LogP contribution is -2.63. The van der Waals surface area contributed by atoms with Gasteiger partial charge in [-0.15, -0.1) is 6.58 Å². The van der Waals surface area contributed by atoms with E-state index in [0.717, 1.165) is 49.7 Å². The maximum atomic E-state index is 14.9. The van der Waals surface area contributed by atoms with Crippen molar-refractivity contribution in [3.63, 3.8) is 0 Å². The summed E-state index contributed by atoms with van der Waals surface area (Å²) in [4.78, 5) is 125. The number of unbranched alkanes of at least 4 members (excludes halogenated alkanes) is 24. The highest BCUT2D eigenvalue weighted by Gasteiger charge is 2.55. The molecular formula is C87H145NO20. The number of fused-ring (bicyclic) bond motifs is 3. The molecule has 1 saturated carbocycles. The molecule has 2 saturated heterocycles. The lowest BCUT2D eigenvalue weighted by atomic mass is 9.76. The number of allylic oxidation sites excluding steroid dienone is 4. The van der Waals surface area contributed by atoms with Gasteiger partial charge >= 0.3 is 36.0 Å². The van der Waals surface area contributed by atoms with Crippen molar-refractivity contribution in [2.24, 2.45) is 35.5 Å².